The highest BCUT2D eigenvalue weighted by Gasteiger charge is 2.00. The molecule has 2 aromatic rings. The van der Waals surface area contributed by atoms with Crippen LogP contribution in [0.4, 0.5) is 0 Å². The number of hydrogen-bond acceptors (Lipinski definition) is 3. The van der Waals surface area contributed by atoms with Gasteiger partial charge in [0.2, 0.25) is 0 Å². The van der Waals surface area contributed by atoms with Gasteiger partial charge in [0, 0.05) is 13.0 Å². The van der Waals surface area contributed by atoms with Gasteiger partial charge >= 0.3 is 0 Å². The quantitative estimate of drug-likeness (QED) is 0.790. The fourth-order valence-electron chi connectivity index (χ4n) is 2.11. The van der Waals surface area contributed by atoms with Crippen molar-refractivity contribution in [2.24, 2.45) is 5.73 Å². The van der Waals surface area contributed by atoms with E-state index >= 15 is 0 Å². The Hall–Kier alpha value is -2.00. The largest absolute Gasteiger partial charge is 0.493 e. The van der Waals surface area contributed by atoms with Crippen LogP contribution >= 0.6 is 0 Å². The van der Waals surface area contributed by atoms with Crippen molar-refractivity contribution in [1.82, 2.24) is 0 Å². The van der Waals surface area contributed by atoms with Crippen molar-refractivity contribution in [2.75, 3.05) is 13.2 Å². The lowest BCUT2D eigenvalue weighted by atomic mass is 10.1. The van der Waals surface area contributed by atoms with Crippen LogP contribution in [0.1, 0.15) is 23.1 Å². The van der Waals surface area contributed by atoms with Crippen LogP contribution in [0.2, 0.25) is 0 Å². The normalized spacial score (nSPS) is 10.4. The Morgan fingerprint density at radius 3 is 2.29 bits per heavy atom. The summed E-state index contributed by atoms with van der Waals surface area (Å²) in [6.45, 7) is 6.01. The molecule has 0 bridgehead atoms. The van der Waals surface area contributed by atoms with E-state index < -0.39 is 0 Å². The van der Waals surface area contributed by atoms with Gasteiger partial charge in [0.25, 0.3) is 0 Å². The van der Waals surface area contributed by atoms with Crippen LogP contribution in [-0.2, 0) is 6.54 Å². The number of ether oxygens (including phenoxy) is 2. The fraction of sp³-hybridized carbons (Fsp3) is 0.333. The molecular weight excluding hydrogens is 262 g/mol. The SMILES string of the molecule is Cc1ccc(OCCCOc2ccc(CN)cc2)c(C)c1. The van der Waals surface area contributed by atoms with Crippen LogP contribution in [0.5, 0.6) is 11.5 Å². The van der Waals surface area contributed by atoms with Crippen molar-refractivity contribution in [3.05, 3.63) is 59.2 Å². The predicted octanol–water partition coefficient (Wildman–Crippen LogP) is 3.61. The Morgan fingerprint density at radius 1 is 0.905 bits per heavy atom. The Bertz CT molecular complexity index is 564. The molecule has 3 nitrogen and oxygen atoms in total. The Labute approximate surface area is 126 Å². The van der Waals surface area contributed by atoms with Gasteiger partial charge in [-0.05, 0) is 43.2 Å². The maximum absolute atomic E-state index is 5.77. The van der Waals surface area contributed by atoms with Gasteiger partial charge in [-0.2, -0.15) is 0 Å². The summed E-state index contributed by atoms with van der Waals surface area (Å²) >= 11 is 0. The van der Waals surface area contributed by atoms with Gasteiger partial charge in [0.05, 0.1) is 13.2 Å². The third kappa shape index (κ3) is 4.80. The molecule has 0 saturated carbocycles. The lowest BCUT2D eigenvalue weighted by Crippen LogP contribution is -2.06. The molecule has 2 N–H and O–H groups in total. The molecule has 0 radical (unpaired) electrons. The third-order valence-corrected chi connectivity index (χ3v) is 3.30. The first-order chi connectivity index (χ1) is 10.2. The first-order valence-corrected chi connectivity index (χ1v) is 7.31. The molecule has 112 valence electrons. The van der Waals surface area contributed by atoms with E-state index in [2.05, 4.69) is 26.0 Å². The molecule has 21 heavy (non-hydrogen) atoms. The summed E-state index contributed by atoms with van der Waals surface area (Å²) in [5.41, 5.74) is 9.10. The maximum Gasteiger partial charge on any atom is 0.122 e. The molecule has 2 aromatic carbocycles. The minimum atomic E-state index is 0.560. The molecule has 2 rings (SSSR count). The second-order valence-corrected chi connectivity index (χ2v) is 5.17. The summed E-state index contributed by atoms with van der Waals surface area (Å²) in [5, 5.41) is 0. The molecule has 0 aliphatic rings. The summed E-state index contributed by atoms with van der Waals surface area (Å²) in [7, 11) is 0. The topological polar surface area (TPSA) is 44.5 Å². The molecule has 0 amide bonds. The van der Waals surface area contributed by atoms with E-state index in [1.54, 1.807) is 0 Å². The van der Waals surface area contributed by atoms with E-state index in [1.165, 1.54) is 11.1 Å². The lowest BCUT2D eigenvalue weighted by Gasteiger charge is -2.10. The van der Waals surface area contributed by atoms with E-state index in [9.17, 15) is 0 Å². The van der Waals surface area contributed by atoms with Gasteiger partial charge in [0.1, 0.15) is 11.5 Å². The Morgan fingerprint density at radius 2 is 1.62 bits per heavy atom. The summed E-state index contributed by atoms with van der Waals surface area (Å²) in [6.07, 6.45) is 0.853. The number of nitrogens with two attached hydrogens (primary N) is 1. The van der Waals surface area contributed by atoms with Crippen LogP contribution in [0.15, 0.2) is 42.5 Å². The monoisotopic (exact) mass is 285 g/mol. The number of hydrogen-bond donors (Lipinski definition) is 1. The van der Waals surface area contributed by atoms with Gasteiger partial charge in [-0.15, -0.1) is 0 Å². The van der Waals surface area contributed by atoms with E-state index in [0.29, 0.717) is 19.8 Å². The minimum Gasteiger partial charge on any atom is -0.493 e. The third-order valence-electron chi connectivity index (χ3n) is 3.30. The molecule has 0 fully saturated rings. The van der Waals surface area contributed by atoms with Gasteiger partial charge in [-0.25, -0.2) is 0 Å². The highest BCUT2D eigenvalue weighted by atomic mass is 16.5. The van der Waals surface area contributed by atoms with Crippen LogP contribution in [0.3, 0.4) is 0 Å². The van der Waals surface area contributed by atoms with Crippen LogP contribution in [0.25, 0.3) is 0 Å². The molecule has 0 unspecified atom stereocenters. The summed E-state index contributed by atoms with van der Waals surface area (Å²) in [6, 6.07) is 14.1. The molecule has 0 atom stereocenters. The summed E-state index contributed by atoms with van der Waals surface area (Å²) in [5.74, 6) is 1.83. The average molecular weight is 285 g/mol. The second kappa shape index (κ2) is 7.70. The highest BCUT2D eigenvalue weighted by molar-refractivity contribution is 5.35. The van der Waals surface area contributed by atoms with Gasteiger partial charge in [-0.3, -0.25) is 0 Å². The van der Waals surface area contributed by atoms with Gasteiger partial charge < -0.3 is 15.2 Å². The first kappa shape index (κ1) is 15.4. The first-order valence-electron chi connectivity index (χ1n) is 7.31. The standard InChI is InChI=1S/C18H23NO2/c1-14-4-9-18(15(2)12-14)21-11-3-10-20-17-7-5-16(13-19)6-8-17/h4-9,12H,3,10-11,13,19H2,1-2H3. The summed E-state index contributed by atoms with van der Waals surface area (Å²) in [4.78, 5) is 0. The van der Waals surface area contributed by atoms with Crippen molar-refractivity contribution in [2.45, 2.75) is 26.8 Å². The van der Waals surface area contributed by atoms with Crippen molar-refractivity contribution in [1.29, 1.82) is 0 Å². The zero-order valence-electron chi connectivity index (χ0n) is 12.8. The predicted molar refractivity (Wildman–Crippen MR) is 85.9 cm³/mol. The van der Waals surface area contributed by atoms with Crippen LogP contribution in [-0.4, -0.2) is 13.2 Å². The molecule has 0 aliphatic carbocycles. The van der Waals surface area contributed by atoms with E-state index in [4.69, 9.17) is 15.2 Å². The molecule has 0 spiro atoms. The van der Waals surface area contributed by atoms with Gasteiger partial charge in [0.15, 0.2) is 0 Å². The lowest BCUT2D eigenvalue weighted by molar-refractivity contribution is 0.246. The van der Waals surface area contributed by atoms with Crippen LogP contribution < -0.4 is 15.2 Å². The number of rotatable bonds is 7. The average Bonchev–Trinajstić information content (AvgIpc) is 2.49. The smallest absolute Gasteiger partial charge is 0.122 e. The van der Waals surface area contributed by atoms with Crippen molar-refractivity contribution < 1.29 is 9.47 Å². The highest BCUT2D eigenvalue weighted by Crippen LogP contribution is 2.19. The minimum absolute atomic E-state index is 0.560. The molecule has 0 aromatic heterocycles. The molecule has 0 saturated heterocycles. The van der Waals surface area contributed by atoms with Crippen molar-refractivity contribution in [3.8, 4) is 11.5 Å². The summed E-state index contributed by atoms with van der Waals surface area (Å²) < 4.78 is 11.4. The van der Waals surface area contributed by atoms with Crippen LogP contribution in [0, 0.1) is 13.8 Å². The zero-order valence-corrected chi connectivity index (χ0v) is 12.8. The van der Waals surface area contributed by atoms with E-state index in [-0.39, 0.29) is 0 Å². The Kier molecular flexibility index (Phi) is 5.64. The van der Waals surface area contributed by atoms with Crippen molar-refractivity contribution in [3.63, 3.8) is 0 Å². The second-order valence-electron chi connectivity index (χ2n) is 5.17. The van der Waals surface area contributed by atoms with E-state index in [1.807, 2.05) is 30.3 Å². The molecular formula is C18H23NO2. The molecule has 0 heterocycles. The molecule has 3 heteroatoms. The Balaban J connectivity index is 1.69. The van der Waals surface area contributed by atoms with Crippen molar-refractivity contribution >= 4 is 0 Å². The van der Waals surface area contributed by atoms with Gasteiger partial charge in [-0.1, -0.05) is 29.8 Å². The zero-order chi connectivity index (χ0) is 15.1. The van der Waals surface area contributed by atoms with E-state index in [0.717, 1.165) is 23.5 Å². The maximum atomic E-state index is 5.77. The molecule has 0 aliphatic heterocycles. The number of benzene rings is 2. The number of aryl methyl sites for hydroxylation is 2. The fourth-order valence-corrected chi connectivity index (χ4v) is 2.11.